The Morgan fingerprint density at radius 2 is 1.76 bits per heavy atom. The second-order valence-corrected chi connectivity index (χ2v) is 5.27. The van der Waals surface area contributed by atoms with E-state index in [0.717, 1.165) is 37.1 Å². The van der Waals surface area contributed by atoms with E-state index in [1.54, 1.807) is 6.07 Å². The first-order chi connectivity index (χ1) is 10.3. The Kier molecular flexibility index (Phi) is 4.02. The van der Waals surface area contributed by atoms with Gasteiger partial charge in [-0.25, -0.2) is 4.39 Å². The summed E-state index contributed by atoms with van der Waals surface area (Å²) in [4.78, 5) is 0. The molecule has 0 aromatic heterocycles. The third-order valence-electron chi connectivity index (χ3n) is 3.86. The van der Waals surface area contributed by atoms with Gasteiger partial charge in [0.2, 0.25) is 0 Å². The summed E-state index contributed by atoms with van der Waals surface area (Å²) in [6.45, 7) is 1.90. The predicted molar refractivity (Wildman–Crippen MR) is 86.3 cm³/mol. The van der Waals surface area contributed by atoms with Crippen LogP contribution in [0, 0.1) is 5.82 Å². The Bertz CT molecular complexity index is 677. The molecule has 0 spiro atoms. The lowest BCUT2D eigenvalue weighted by molar-refractivity contribution is 0.631. The fourth-order valence-corrected chi connectivity index (χ4v) is 2.86. The van der Waals surface area contributed by atoms with Crippen molar-refractivity contribution in [3.05, 3.63) is 59.9 Å². The molecule has 3 N–H and O–H groups in total. The summed E-state index contributed by atoms with van der Waals surface area (Å²) in [5, 5.41) is 3.37. The molecule has 1 aliphatic rings. The van der Waals surface area contributed by atoms with Crippen molar-refractivity contribution in [2.75, 3.05) is 18.8 Å². The number of anilines is 1. The van der Waals surface area contributed by atoms with Crippen molar-refractivity contribution in [1.82, 2.24) is 5.32 Å². The first-order valence-electron chi connectivity index (χ1n) is 7.31. The van der Waals surface area contributed by atoms with E-state index in [-0.39, 0.29) is 5.82 Å². The summed E-state index contributed by atoms with van der Waals surface area (Å²) in [5.74, 6) is -0.211. The highest BCUT2D eigenvalue weighted by Gasteiger charge is 2.16. The minimum atomic E-state index is -0.211. The van der Waals surface area contributed by atoms with Gasteiger partial charge in [0.1, 0.15) is 5.82 Å². The molecular formula is C18H19FN2. The van der Waals surface area contributed by atoms with Crippen LogP contribution in [-0.4, -0.2) is 13.1 Å². The molecule has 0 bridgehead atoms. The Morgan fingerprint density at radius 3 is 2.62 bits per heavy atom. The molecule has 0 unspecified atom stereocenters. The molecule has 2 aromatic carbocycles. The van der Waals surface area contributed by atoms with Crippen molar-refractivity contribution < 1.29 is 4.39 Å². The zero-order valence-corrected chi connectivity index (χ0v) is 11.9. The number of rotatable bonds is 2. The first kappa shape index (κ1) is 13.8. The van der Waals surface area contributed by atoms with Gasteiger partial charge in [-0.2, -0.15) is 0 Å². The minimum absolute atomic E-state index is 0.211. The van der Waals surface area contributed by atoms with Crippen LogP contribution in [0.1, 0.15) is 18.4 Å². The molecule has 2 nitrogen and oxygen atoms in total. The van der Waals surface area contributed by atoms with Gasteiger partial charge >= 0.3 is 0 Å². The zero-order valence-electron chi connectivity index (χ0n) is 11.9. The normalized spacial score (nSPS) is 15.4. The minimum Gasteiger partial charge on any atom is -0.398 e. The van der Waals surface area contributed by atoms with Crippen molar-refractivity contribution in [3.8, 4) is 11.1 Å². The van der Waals surface area contributed by atoms with E-state index in [1.165, 1.54) is 11.6 Å². The average Bonchev–Trinajstić information content (AvgIpc) is 2.76. The molecule has 0 amide bonds. The van der Waals surface area contributed by atoms with Crippen molar-refractivity contribution >= 4 is 11.3 Å². The number of nitrogens with two attached hydrogens (primary N) is 1. The van der Waals surface area contributed by atoms with Crippen LogP contribution in [0.3, 0.4) is 0 Å². The molecule has 1 heterocycles. The van der Waals surface area contributed by atoms with Gasteiger partial charge in [0.15, 0.2) is 0 Å². The number of nitrogens with one attached hydrogen (secondary N) is 1. The van der Waals surface area contributed by atoms with E-state index in [2.05, 4.69) is 11.4 Å². The Balaban J connectivity index is 2.16. The number of nitrogen functional groups attached to an aromatic ring is 1. The lowest BCUT2D eigenvalue weighted by Gasteiger charge is -2.16. The molecule has 3 rings (SSSR count). The largest absolute Gasteiger partial charge is 0.398 e. The summed E-state index contributed by atoms with van der Waals surface area (Å²) in [5.41, 5.74) is 10.6. The SMILES string of the molecule is Nc1cccc(-c2ccccc2F)c1C1=CCCNCC1. The summed E-state index contributed by atoms with van der Waals surface area (Å²) >= 11 is 0. The second-order valence-electron chi connectivity index (χ2n) is 5.27. The van der Waals surface area contributed by atoms with Gasteiger partial charge in [-0.15, -0.1) is 0 Å². The lowest BCUT2D eigenvalue weighted by Crippen LogP contribution is -2.14. The van der Waals surface area contributed by atoms with Crippen molar-refractivity contribution in [2.24, 2.45) is 0 Å². The monoisotopic (exact) mass is 282 g/mol. The van der Waals surface area contributed by atoms with Crippen LogP contribution < -0.4 is 11.1 Å². The van der Waals surface area contributed by atoms with Crippen molar-refractivity contribution in [1.29, 1.82) is 0 Å². The maximum Gasteiger partial charge on any atom is 0.131 e. The topological polar surface area (TPSA) is 38.0 Å². The van der Waals surface area contributed by atoms with E-state index in [9.17, 15) is 4.39 Å². The van der Waals surface area contributed by atoms with E-state index < -0.39 is 0 Å². The third-order valence-corrected chi connectivity index (χ3v) is 3.86. The highest BCUT2D eigenvalue weighted by molar-refractivity contribution is 5.88. The molecule has 0 saturated heterocycles. The molecule has 0 atom stereocenters. The zero-order chi connectivity index (χ0) is 14.7. The smallest absolute Gasteiger partial charge is 0.131 e. The highest BCUT2D eigenvalue weighted by atomic mass is 19.1. The number of benzene rings is 2. The predicted octanol–water partition coefficient (Wildman–Crippen LogP) is 3.84. The molecular weight excluding hydrogens is 263 g/mol. The molecule has 108 valence electrons. The number of halogens is 1. The molecule has 0 saturated carbocycles. The van der Waals surface area contributed by atoms with Gasteiger partial charge in [-0.1, -0.05) is 36.4 Å². The molecule has 21 heavy (non-hydrogen) atoms. The molecule has 2 aromatic rings. The van der Waals surface area contributed by atoms with Gasteiger partial charge in [0.05, 0.1) is 0 Å². The number of hydrogen-bond donors (Lipinski definition) is 2. The van der Waals surface area contributed by atoms with Gasteiger partial charge in [-0.3, -0.25) is 0 Å². The van der Waals surface area contributed by atoms with Crippen molar-refractivity contribution in [3.63, 3.8) is 0 Å². The number of hydrogen-bond acceptors (Lipinski definition) is 2. The molecule has 0 radical (unpaired) electrons. The van der Waals surface area contributed by atoms with E-state index in [1.807, 2.05) is 30.3 Å². The fraction of sp³-hybridized carbons (Fsp3) is 0.222. The van der Waals surface area contributed by atoms with Gasteiger partial charge in [0.25, 0.3) is 0 Å². The first-order valence-corrected chi connectivity index (χ1v) is 7.31. The van der Waals surface area contributed by atoms with Crippen LogP contribution in [0.25, 0.3) is 16.7 Å². The fourth-order valence-electron chi connectivity index (χ4n) is 2.86. The maximum atomic E-state index is 14.2. The quantitative estimate of drug-likeness (QED) is 0.821. The molecule has 0 aliphatic carbocycles. The van der Waals surface area contributed by atoms with Gasteiger partial charge in [-0.05, 0) is 49.2 Å². The van der Waals surface area contributed by atoms with E-state index >= 15 is 0 Å². The Labute approximate surface area is 124 Å². The molecule has 1 aliphatic heterocycles. The van der Waals surface area contributed by atoms with Crippen LogP contribution in [0.4, 0.5) is 10.1 Å². The Hall–Kier alpha value is -2.13. The molecule has 3 heteroatoms. The summed E-state index contributed by atoms with van der Waals surface area (Å²) in [7, 11) is 0. The van der Waals surface area contributed by atoms with Crippen LogP contribution in [0.2, 0.25) is 0 Å². The van der Waals surface area contributed by atoms with Crippen LogP contribution >= 0.6 is 0 Å². The highest BCUT2D eigenvalue weighted by Crippen LogP contribution is 2.36. The standard InChI is InChI=1S/C18H19FN2/c19-16-8-2-1-6-14(16)15-7-3-9-17(20)18(15)13-5-4-11-21-12-10-13/h1-3,5-9,21H,4,10-12,20H2. The summed E-state index contributed by atoms with van der Waals surface area (Å²) < 4.78 is 14.2. The summed E-state index contributed by atoms with van der Waals surface area (Å²) in [6, 6.07) is 12.6. The van der Waals surface area contributed by atoms with Gasteiger partial charge in [0, 0.05) is 16.8 Å². The van der Waals surface area contributed by atoms with Crippen LogP contribution in [0.5, 0.6) is 0 Å². The van der Waals surface area contributed by atoms with Crippen molar-refractivity contribution in [2.45, 2.75) is 12.8 Å². The van der Waals surface area contributed by atoms with Crippen LogP contribution in [0.15, 0.2) is 48.5 Å². The maximum absolute atomic E-state index is 14.2. The third kappa shape index (κ3) is 2.83. The van der Waals surface area contributed by atoms with E-state index in [0.29, 0.717) is 11.3 Å². The van der Waals surface area contributed by atoms with E-state index in [4.69, 9.17) is 5.73 Å². The summed E-state index contributed by atoms with van der Waals surface area (Å²) in [6.07, 6.45) is 4.10. The van der Waals surface area contributed by atoms with Crippen LogP contribution in [-0.2, 0) is 0 Å². The van der Waals surface area contributed by atoms with Gasteiger partial charge < -0.3 is 11.1 Å². The lowest BCUT2D eigenvalue weighted by atomic mass is 9.91. The molecule has 0 fully saturated rings. The average molecular weight is 282 g/mol. The Morgan fingerprint density at radius 1 is 0.952 bits per heavy atom. The second kappa shape index (κ2) is 6.10.